The van der Waals surface area contributed by atoms with Crippen LogP contribution in [-0.4, -0.2) is 23.3 Å². The van der Waals surface area contributed by atoms with Gasteiger partial charge in [-0.3, -0.25) is 5.01 Å². The Hall–Kier alpha value is -0.440. The number of hydrogen-bond donors (Lipinski definition) is 0. The van der Waals surface area contributed by atoms with E-state index in [4.69, 9.17) is 12.2 Å². The van der Waals surface area contributed by atoms with Gasteiger partial charge in [-0.05, 0) is 11.8 Å². The lowest BCUT2D eigenvalue weighted by Gasteiger charge is -2.15. The predicted molar refractivity (Wildman–Crippen MR) is 63.1 cm³/mol. The van der Waals surface area contributed by atoms with Crippen LogP contribution in [0.4, 0.5) is 0 Å². The standard InChI is InChI=1S/C10H20N2S/c1-8(2)6-10(13)12(5)11-7-9(3)4/h7-9H,6H2,1-5H3/b11-7+. The highest BCUT2D eigenvalue weighted by molar-refractivity contribution is 7.80. The fraction of sp³-hybridized carbons (Fsp3) is 0.800. The molecule has 0 aromatic carbocycles. The molecule has 0 atom stereocenters. The second kappa shape index (κ2) is 6.08. The minimum Gasteiger partial charge on any atom is -0.262 e. The van der Waals surface area contributed by atoms with Gasteiger partial charge in [-0.1, -0.05) is 39.9 Å². The Morgan fingerprint density at radius 2 is 1.92 bits per heavy atom. The third-order valence-corrected chi connectivity index (χ3v) is 1.91. The van der Waals surface area contributed by atoms with Gasteiger partial charge in [-0.15, -0.1) is 0 Å². The van der Waals surface area contributed by atoms with Gasteiger partial charge in [0.15, 0.2) is 0 Å². The normalized spacial score (nSPS) is 11.6. The Kier molecular flexibility index (Phi) is 5.88. The zero-order valence-corrected chi connectivity index (χ0v) is 10.1. The first kappa shape index (κ1) is 12.6. The van der Waals surface area contributed by atoms with Crippen molar-refractivity contribution >= 4 is 23.4 Å². The Labute approximate surface area is 87.0 Å². The number of hydrogen-bond acceptors (Lipinski definition) is 2. The quantitative estimate of drug-likeness (QED) is 0.394. The van der Waals surface area contributed by atoms with Gasteiger partial charge >= 0.3 is 0 Å². The number of thiocarbonyl (C=S) groups is 1. The highest BCUT2D eigenvalue weighted by Gasteiger charge is 2.04. The molecule has 0 bridgehead atoms. The average molecular weight is 200 g/mol. The van der Waals surface area contributed by atoms with Gasteiger partial charge in [0.05, 0.1) is 4.99 Å². The molecular formula is C10H20N2S. The molecule has 0 radical (unpaired) electrons. The van der Waals surface area contributed by atoms with Crippen molar-refractivity contribution in [2.75, 3.05) is 7.05 Å². The zero-order chi connectivity index (χ0) is 10.4. The van der Waals surface area contributed by atoms with Crippen LogP contribution in [0.2, 0.25) is 0 Å². The SMILES string of the molecule is CC(C)/C=N/N(C)C(=S)CC(C)C. The summed E-state index contributed by atoms with van der Waals surface area (Å²) in [5.74, 6) is 1.08. The molecule has 2 nitrogen and oxygen atoms in total. The molecule has 0 spiro atoms. The van der Waals surface area contributed by atoms with E-state index >= 15 is 0 Å². The first-order valence-corrected chi connectivity index (χ1v) is 5.15. The fourth-order valence-corrected chi connectivity index (χ4v) is 1.16. The molecular weight excluding hydrogens is 180 g/mol. The summed E-state index contributed by atoms with van der Waals surface area (Å²) < 4.78 is 0. The molecule has 0 aromatic rings. The summed E-state index contributed by atoms with van der Waals surface area (Å²) in [7, 11) is 1.91. The van der Waals surface area contributed by atoms with Crippen molar-refractivity contribution < 1.29 is 0 Å². The van der Waals surface area contributed by atoms with E-state index in [0.717, 1.165) is 11.4 Å². The van der Waals surface area contributed by atoms with Crippen molar-refractivity contribution in [2.24, 2.45) is 16.9 Å². The van der Waals surface area contributed by atoms with Gasteiger partial charge in [0.1, 0.15) is 0 Å². The van der Waals surface area contributed by atoms with Gasteiger partial charge in [-0.2, -0.15) is 5.10 Å². The van der Waals surface area contributed by atoms with Crippen LogP contribution in [0.1, 0.15) is 34.1 Å². The Balaban J connectivity index is 3.96. The van der Waals surface area contributed by atoms with E-state index in [0.29, 0.717) is 11.8 Å². The minimum atomic E-state index is 0.476. The van der Waals surface area contributed by atoms with Crippen LogP contribution >= 0.6 is 12.2 Å². The van der Waals surface area contributed by atoms with E-state index in [1.165, 1.54) is 0 Å². The number of hydrazone groups is 1. The molecule has 0 aliphatic carbocycles. The molecule has 0 fully saturated rings. The zero-order valence-electron chi connectivity index (χ0n) is 9.24. The maximum absolute atomic E-state index is 5.22. The van der Waals surface area contributed by atoms with Crippen LogP contribution in [0.3, 0.4) is 0 Å². The molecule has 13 heavy (non-hydrogen) atoms. The molecule has 0 aliphatic rings. The second-order valence-electron chi connectivity index (χ2n) is 4.02. The average Bonchev–Trinajstić information content (AvgIpc) is 1.98. The molecule has 76 valence electrons. The van der Waals surface area contributed by atoms with E-state index in [-0.39, 0.29) is 0 Å². The van der Waals surface area contributed by atoms with Crippen LogP contribution in [0, 0.1) is 11.8 Å². The molecule has 0 aliphatic heterocycles. The summed E-state index contributed by atoms with van der Waals surface area (Å²) in [6.45, 7) is 8.52. The number of rotatable bonds is 4. The molecule has 0 rings (SSSR count). The van der Waals surface area contributed by atoms with Crippen LogP contribution in [0.25, 0.3) is 0 Å². The highest BCUT2D eigenvalue weighted by atomic mass is 32.1. The molecule has 0 heterocycles. The van der Waals surface area contributed by atoms with E-state index in [2.05, 4.69) is 32.8 Å². The predicted octanol–water partition coefficient (Wildman–Crippen LogP) is 2.93. The van der Waals surface area contributed by atoms with Crippen LogP contribution < -0.4 is 0 Å². The third kappa shape index (κ3) is 6.70. The van der Waals surface area contributed by atoms with Crippen molar-refractivity contribution in [3.63, 3.8) is 0 Å². The van der Waals surface area contributed by atoms with Crippen molar-refractivity contribution in [1.82, 2.24) is 5.01 Å². The summed E-state index contributed by atoms with van der Waals surface area (Å²) in [5.41, 5.74) is 0. The van der Waals surface area contributed by atoms with E-state index in [9.17, 15) is 0 Å². The molecule has 0 unspecified atom stereocenters. The van der Waals surface area contributed by atoms with E-state index < -0.39 is 0 Å². The largest absolute Gasteiger partial charge is 0.262 e. The lowest BCUT2D eigenvalue weighted by molar-refractivity contribution is 0.520. The lowest BCUT2D eigenvalue weighted by atomic mass is 10.1. The second-order valence-corrected chi connectivity index (χ2v) is 4.50. The highest BCUT2D eigenvalue weighted by Crippen LogP contribution is 2.04. The summed E-state index contributed by atoms with van der Waals surface area (Å²) in [5, 5.41) is 6.03. The third-order valence-electron chi connectivity index (χ3n) is 1.48. The molecule has 0 saturated heterocycles. The van der Waals surface area contributed by atoms with Gasteiger partial charge in [0, 0.05) is 19.7 Å². The van der Waals surface area contributed by atoms with Crippen molar-refractivity contribution in [3.05, 3.63) is 0 Å². The maximum atomic E-state index is 5.22. The van der Waals surface area contributed by atoms with Crippen LogP contribution in [0.15, 0.2) is 5.10 Å². The first-order chi connectivity index (χ1) is 5.93. The minimum absolute atomic E-state index is 0.476. The topological polar surface area (TPSA) is 15.6 Å². The smallest absolute Gasteiger partial charge is 0.0992 e. The summed E-state index contributed by atoms with van der Waals surface area (Å²) in [4.78, 5) is 0.909. The maximum Gasteiger partial charge on any atom is 0.0992 e. The van der Waals surface area contributed by atoms with Crippen LogP contribution in [-0.2, 0) is 0 Å². The molecule has 3 heteroatoms. The lowest BCUT2D eigenvalue weighted by Crippen LogP contribution is -2.21. The van der Waals surface area contributed by atoms with Gasteiger partial charge in [-0.25, -0.2) is 0 Å². The fourth-order valence-electron chi connectivity index (χ4n) is 0.779. The molecule has 0 amide bonds. The summed E-state index contributed by atoms with van der Waals surface area (Å²) >= 11 is 5.22. The van der Waals surface area contributed by atoms with Crippen LogP contribution in [0.5, 0.6) is 0 Å². The monoisotopic (exact) mass is 200 g/mol. The Bertz CT molecular complexity index is 185. The first-order valence-electron chi connectivity index (χ1n) is 4.74. The van der Waals surface area contributed by atoms with Gasteiger partial charge < -0.3 is 0 Å². The van der Waals surface area contributed by atoms with E-state index in [1.54, 1.807) is 5.01 Å². The van der Waals surface area contributed by atoms with Gasteiger partial charge in [0.2, 0.25) is 0 Å². The molecule has 0 saturated carbocycles. The summed E-state index contributed by atoms with van der Waals surface area (Å²) in [6, 6.07) is 0. The summed E-state index contributed by atoms with van der Waals surface area (Å²) in [6.07, 6.45) is 2.84. The van der Waals surface area contributed by atoms with E-state index in [1.807, 2.05) is 13.3 Å². The van der Waals surface area contributed by atoms with Crippen molar-refractivity contribution in [3.8, 4) is 0 Å². The Morgan fingerprint density at radius 1 is 1.38 bits per heavy atom. The Morgan fingerprint density at radius 3 is 2.31 bits per heavy atom. The molecule has 0 N–H and O–H groups in total. The van der Waals surface area contributed by atoms with Crippen molar-refractivity contribution in [1.29, 1.82) is 0 Å². The number of nitrogens with zero attached hydrogens (tertiary/aromatic N) is 2. The molecule has 0 aromatic heterocycles. The van der Waals surface area contributed by atoms with Crippen molar-refractivity contribution in [2.45, 2.75) is 34.1 Å². The van der Waals surface area contributed by atoms with Gasteiger partial charge in [0.25, 0.3) is 0 Å².